The first kappa shape index (κ1) is 14.2. The zero-order valence-corrected chi connectivity index (χ0v) is 12.5. The Hall–Kier alpha value is -1.17. The molecule has 1 heterocycles. The maximum Gasteiger partial charge on any atom is 0.183 e. The monoisotopic (exact) mass is 299 g/mol. The van der Waals surface area contributed by atoms with Crippen LogP contribution >= 0.6 is 22.9 Å². The van der Waals surface area contributed by atoms with E-state index >= 15 is 0 Å². The first-order valence-corrected chi connectivity index (χ1v) is 7.07. The third-order valence-electron chi connectivity index (χ3n) is 2.89. The highest BCUT2D eigenvalue weighted by Gasteiger charge is 2.17. The minimum Gasteiger partial charge on any atom is -0.365 e. The van der Waals surface area contributed by atoms with E-state index in [0.29, 0.717) is 0 Å². The number of aromatic nitrogens is 1. The van der Waals surface area contributed by atoms with Crippen LogP contribution < -0.4 is 10.6 Å². The molecule has 1 aromatic heterocycles. The first-order valence-electron chi connectivity index (χ1n) is 5.88. The highest BCUT2D eigenvalue weighted by atomic mass is 35.5. The van der Waals surface area contributed by atoms with E-state index in [1.165, 1.54) is 6.07 Å². The van der Waals surface area contributed by atoms with Gasteiger partial charge >= 0.3 is 0 Å². The molecule has 0 saturated heterocycles. The molecule has 0 fully saturated rings. The van der Waals surface area contributed by atoms with Crippen LogP contribution in [0.25, 0.3) is 11.3 Å². The molecular formula is C13H15ClFN3S. The molecule has 0 aliphatic rings. The molecule has 0 bridgehead atoms. The number of anilines is 1. The third-order valence-corrected chi connectivity index (χ3v) is 4.43. The second-order valence-electron chi connectivity index (χ2n) is 4.12. The summed E-state index contributed by atoms with van der Waals surface area (Å²) in [7, 11) is 3.72. The van der Waals surface area contributed by atoms with Crippen LogP contribution in [0.1, 0.15) is 17.8 Å². The number of hydrogen-bond acceptors (Lipinski definition) is 4. The second-order valence-corrected chi connectivity index (χ2v) is 5.56. The smallest absolute Gasteiger partial charge is 0.183 e. The van der Waals surface area contributed by atoms with Crippen molar-refractivity contribution < 1.29 is 4.39 Å². The molecular weight excluding hydrogens is 285 g/mol. The van der Waals surface area contributed by atoms with Crippen molar-refractivity contribution in [2.45, 2.75) is 13.0 Å². The number of nitrogens with zero attached hydrogens (tertiary/aromatic N) is 1. The van der Waals surface area contributed by atoms with Crippen LogP contribution in [0.3, 0.4) is 0 Å². The van der Waals surface area contributed by atoms with Gasteiger partial charge in [0.05, 0.1) is 15.6 Å². The number of benzene rings is 1. The van der Waals surface area contributed by atoms with Crippen LogP contribution in [0.5, 0.6) is 0 Å². The van der Waals surface area contributed by atoms with E-state index in [-0.39, 0.29) is 11.1 Å². The van der Waals surface area contributed by atoms with Crippen molar-refractivity contribution in [3.05, 3.63) is 33.9 Å². The molecule has 19 heavy (non-hydrogen) atoms. The van der Waals surface area contributed by atoms with Crippen molar-refractivity contribution in [1.82, 2.24) is 10.3 Å². The van der Waals surface area contributed by atoms with E-state index in [0.717, 1.165) is 21.3 Å². The summed E-state index contributed by atoms with van der Waals surface area (Å²) in [5.41, 5.74) is 1.65. The number of rotatable bonds is 4. The number of halogens is 2. The summed E-state index contributed by atoms with van der Waals surface area (Å²) in [4.78, 5) is 5.62. The number of nitrogens with one attached hydrogen (secondary N) is 2. The van der Waals surface area contributed by atoms with Gasteiger partial charge < -0.3 is 10.6 Å². The van der Waals surface area contributed by atoms with E-state index in [9.17, 15) is 4.39 Å². The van der Waals surface area contributed by atoms with Gasteiger partial charge in [-0.2, -0.15) is 0 Å². The summed E-state index contributed by atoms with van der Waals surface area (Å²) in [6.07, 6.45) is 0. The van der Waals surface area contributed by atoms with E-state index in [2.05, 4.69) is 22.5 Å². The predicted molar refractivity (Wildman–Crippen MR) is 79.5 cm³/mol. The zero-order chi connectivity index (χ0) is 14.0. The maximum absolute atomic E-state index is 13.2. The lowest BCUT2D eigenvalue weighted by Gasteiger charge is -2.10. The van der Waals surface area contributed by atoms with Crippen LogP contribution in [0.2, 0.25) is 5.02 Å². The summed E-state index contributed by atoms with van der Waals surface area (Å²) in [6.45, 7) is 2.06. The Balaban J connectivity index is 2.53. The Bertz CT molecular complexity index is 585. The van der Waals surface area contributed by atoms with Gasteiger partial charge in [-0.15, -0.1) is 0 Å². The maximum atomic E-state index is 13.2. The van der Waals surface area contributed by atoms with Gasteiger partial charge in [-0.05, 0) is 32.2 Å². The first-order chi connectivity index (χ1) is 9.06. The minimum atomic E-state index is -0.419. The van der Waals surface area contributed by atoms with Gasteiger partial charge in [0, 0.05) is 18.7 Å². The Morgan fingerprint density at radius 1 is 1.37 bits per heavy atom. The molecule has 1 aromatic carbocycles. The lowest BCUT2D eigenvalue weighted by atomic mass is 10.1. The van der Waals surface area contributed by atoms with Gasteiger partial charge in [0.15, 0.2) is 5.13 Å². The molecule has 2 aromatic rings. The molecule has 6 heteroatoms. The minimum absolute atomic E-state index is 0.111. The van der Waals surface area contributed by atoms with E-state index in [1.54, 1.807) is 23.5 Å². The third kappa shape index (κ3) is 2.88. The van der Waals surface area contributed by atoms with E-state index in [4.69, 9.17) is 11.6 Å². The zero-order valence-electron chi connectivity index (χ0n) is 10.9. The molecule has 0 amide bonds. The van der Waals surface area contributed by atoms with Gasteiger partial charge in [0.1, 0.15) is 5.82 Å². The average molecular weight is 300 g/mol. The Morgan fingerprint density at radius 2 is 2.11 bits per heavy atom. The summed E-state index contributed by atoms with van der Waals surface area (Å²) in [5, 5.41) is 7.16. The fourth-order valence-corrected chi connectivity index (χ4v) is 2.90. The van der Waals surface area contributed by atoms with Gasteiger partial charge in [0.2, 0.25) is 0 Å². The summed E-state index contributed by atoms with van der Waals surface area (Å²) in [6, 6.07) is 4.83. The fourth-order valence-electron chi connectivity index (χ4n) is 1.71. The molecule has 2 N–H and O–H groups in total. The number of thiazole rings is 1. The van der Waals surface area contributed by atoms with Crippen LogP contribution in [0.15, 0.2) is 18.2 Å². The van der Waals surface area contributed by atoms with Crippen molar-refractivity contribution in [3.8, 4) is 11.3 Å². The normalized spacial score (nSPS) is 12.5. The number of hydrogen-bond donors (Lipinski definition) is 2. The highest BCUT2D eigenvalue weighted by molar-refractivity contribution is 7.16. The van der Waals surface area contributed by atoms with Crippen molar-refractivity contribution >= 4 is 28.1 Å². The van der Waals surface area contributed by atoms with Crippen LogP contribution in [-0.4, -0.2) is 19.1 Å². The molecule has 0 aliphatic heterocycles. The van der Waals surface area contributed by atoms with E-state index in [1.807, 2.05) is 14.1 Å². The lowest BCUT2D eigenvalue weighted by molar-refractivity contribution is 0.628. The lowest BCUT2D eigenvalue weighted by Crippen LogP contribution is -2.11. The molecule has 2 rings (SSSR count). The van der Waals surface area contributed by atoms with Crippen molar-refractivity contribution in [2.24, 2.45) is 0 Å². The molecule has 3 nitrogen and oxygen atoms in total. The molecule has 0 saturated carbocycles. The van der Waals surface area contributed by atoms with Crippen molar-refractivity contribution in [1.29, 1.82) is 0 Å². The Labute approximate surface area is 120 Å². The molecule has 1 unspecified atom stereocenters. The molecule has 0 radical (unpaired) electrons. The topological polar surface area (TPSA) is 37.0 Å². The average Bonchev–Trinajstić information content (AvgIpc) is 2.85. The van der Waals surface area contributed by atoms with Gasteiger partial charge in [-0.1, -0.05) is 22.9 Å². The molecule has 102 valence electrons. The standard InChI is InChI=1S/C13H15ClFN3S/c1-7(16-2)12-11(18-13(17-3)19-12)8-4-5-10(15)9(14)6-8/h4-7,16H,1-3H3,(H,17,18). The highest BCUT2D eigenvalue weighted by Crippen LogP contribution is 2.36. The van der Waals surface area contributed by atoms with Gasteiger partial charge in [0.25, 0.3) is 0 Å². The quantitative estimate of drug-likeness (QED) is 0.898. The van der Waals surface area contributed by atoms with Crippen LogP contribution in [0, 0.1) is 5.82 Å². The summed E-state index contributed by atoms with van der Waals surface area (Å²) < 4.78 is 13.2. The molecule has 1 atom stereocenters. The Kier molecular flexibility index (Phi) is 4.39. The van der Waals surface area contributed by atoms with Crippen molar-refractivity contribution in [2.75, 3.05) is 19.4 Å². The van der Waals surface area contributed by atoms with Crippen LogP contribution in [-0.2, 0) is 0 Å². The molecule has 0 aliphatic carbocycles. The fraction of sp³-hybridized carbons (Fsp3) is 0.308. The predicted octanol–water partition coefficient (Wildman–Crippen LogP) is 3.92. The van der Waals surface area contributed by atoms with Crippen molar-refractivity contribution in [3.63, 3.8) is 0 Å². The molecule has 0 spiro atoms. The Morgan fingerprint density at radius 3 is 2.68 bits per heavy atom. The second kappa shape index (κ2) is 5.86. The van der Waals surface area contributed by atoms with Gasteiger partial charge in [-0.25, -0.2) is 9.37 Å². The van der Waals surface area contributed by atoms with Gasteiger partial charge in [-0.3, -0.25) is 0 Å². The summed E-state index contributed by atoms with van der Waals surface area (Å²) >= 11 is 7.42. The van der Waals surface area contributed by atoms with Crippen LogP contribution in [0.4, 0.5) is 9.52 Å². The van der Waals surface area contributed by atoms with E-state index < -0.39 is 5.82 Å². The SMILES string of the molecule is CNc1nc(-c2ccc(F)c(Cl)c2)c(C(C)NC)s1. The largest absolute Gasteiger partial charge is 0.365 e. The summed E-state index contributed by atoms with van der Waals surface area (Å²) in [5.74, 6) is -0.419.